The Balaban J connectivity index is 1.51. The first-order chi connectivity index (χ1) is 13.7. The predicted octanol–water partition coefficient (Wildman–Crippen LogP) is 0.789. The fraction of sp³-hybridized carbons (Fsp3) is 0.333. The molecule has 10 heteroatoms. The summed E-state index contributed by atoms with van der Waals surface area (Å²) < 4.78 is 17.2. The summed E-state index contributed by atoms with van der Waals surface area (Å²) in [6.07, 6.45) is 3.55. The van der Waals surface area contributed by atoms with E-state index in [4.69, 9.17) is 14.2 Å². The van der Waals surface area contributed by atoms with Gasteiger partial charge in [-0.1, -0.05) is 0 Å². The largest absolute Gasteiger partial charge is 0.454 e. The molecule has 0 amide bonds. The Morgan fingerprint density at radius 1 is 1.25 bits per heavy atom. The maximum Gasteiger partial charge on any atom is 0.334 e. The van der Waals surface area contributed by atoms with Gasteiger partial charge in [0, 0.05) is 25.4 Å². The number of rotatable bonds is 4. The van der Waals surface area contributed by atoms with Crippen LogP contribution in [0.3, 0.4) is 0 Å². The van der Waals surface area contributed by atoms with Gasteiger partial charge in [0.15, 0.2) is 17.1 Å². The van der Waals surface area contributed by atoms with Crippen LogP contribution >= 0.6 is 0 Å². The molecule has 2 N–H and O–H groups in total. The Kier molecular flexibility index (Phi) is 3.97. The molecule has 0 bridgehead atoms. The van der Waals surface area contributed by atoms with Gasteiger partial charge in [-0.15, -0.1) is 0 Å². The highest BCUT2D eigenvalue weighted by Crippen LogP contribution is 2.33. The summed E-state index contributed by atoms with van der Waals surface area (Å²) in [4.78, 5) is 36.5. The molecular formula is C18H17N5O5. The van der Waals surface area contributed by atoms with E-state index >= 15 is 0 Å². The molecule has 2 aromatic heterocycles. The Morgan fingerprint density at radius 2 is 2.14 bits per heavy atom. The second-order valence-corrected chi connectivity index (χ2v) is 6.58. The van der Waals surface area contributed by atoms with Gasteiger partial charge in [-0.05, 0) is 25.0 Å². The predicted molar refractivity (Wildman–Crippen MR) is 99.3 cm³/mol. The van der Waals surface area contributed by atoms with Crippen LogP contribution in [0.15, 0.2) is 34.0 Å². The number of ether oxygens (including phenoxy) is 3. The van der Waals surface area contributed by atoms with Crippen LogP contribution in [0.1, 0.15) is 12.8 Å². The van der Waals surface area contributed by atoms with E-state index in [9.17, 15) is 9.59 Å². The molecule has 3 aromatic rings. The molecule has 5 rings (SSSR count). The SMILES string of the molecule is O=c1[nH]c2nc(NCC3CCCO3)ncc2c(=O)n1-c1ccc2c(c1)OCO2. The van der Waals surface area contributed by atoms with Crippen LogP contribution in [0, 0.1) is 0 Å². The second-order valence-electron chi connectivity index (χ2n) is 6.58. The molecule has 28 heavy (non-hydrogen) atoms. The Hall–Kier alpha value is -3.40. The number of H-pyrrole nitrogens is 1. The van der Waals surface area contributed by atoms with E-state index in [1.807, 2.05) is 0 Å². The molecule has 1 aromatic carbocycles. The molecule has 2 aliphatic rings. The van der Waals surface area contributed by atoms with Crippen LogP contribution in [0.4, 0.5) is 5.95 Å². The first-order valence-corrected chi connectivity index (χ1v) is 8.96. The number of hydrogen-bond donors (Lipinski definition) is 2. The summed E-state index contributed by atoms with van der Waals surface area (Å²) in [5.41, 5.74) is -0.557. The lowest BCUT2D eigenvalue weighted by Gasteiger charge is -2.11. The lowest BCUT2D eigenvalue weighted by atomic mass is 10.2. The topological polar surface area (TPSA) is 120 Å². The standard InChI is InChI=1S/C18H17N5O5/c24-16-12-8-20-17(19-7-11-2-1-5-26-11)21-15(12)22-18(25)23(16)10-3-4-13-14(6-10)28-9-27-13/h3-4,6,8,11H,1-2,5,7,9H2,(H2,19,20,21,22,25). The van der Waals surface area contributed by atoms with Gasteiger partial charge < -0.3 is 19.5 Å². The molecule has 0 saturated carbocycles. The zero-order chi connectivity index (χ0) is 19.1. The number of nitrogens with one attached hydrogen (secondary N) is 2. The maximum absolute atomic E-state index is 12.9. The minimum Gasteiger partial charge on any atom is -0.454 e. The molecule has 144 valence electrons. The Labute approximate surface area is 158 Å². The van der Waals surface area contributed by atoms with E-state index in [0.717, 1.165) is 24.0 Å². The zero-order valence-electron chi connectivity index (χ0n) is 14.8. The van der Waals surface area contributed by atoms with Crippen LogP contribution in [0.5, 0.6) is 11.5 Å². The van der Waals surface area contributed by atoms with Crippen molar-refractivity contribution in [2.75, 3.05) is 25.3 Å². The van der Waals surface area contributed by atoms with Crippen LogP contribution < -0.4 is 26.0 Å². The number of aromatic nitrogens is 4. The van der Waals surface area contributed by atoms with E-state index in [-0.39, 0.29) is 23.9 Å². The lowest BCUT2D eigenvalue weighted by Crippen LogP contribution is -2.34. The Morgan fingerprint density at radius 3 is 3.00 bits per heavy atom. The van der Waals surface area contributed by atoms with Crippen molar-refractivity contribution in [2.24, 2.45) is 0 Å². The smallest absolute Gasteiger partial charge is 0.334 e. The molecule has 0 spiro atoms. The van der Waals surface area contributed by atoms with Gasteiger partial charge in [0.25, 0.3) is 5.56 Å². The van der Waals surface area contributed by atoms with Gasteiger partial charge in [-0.25, -0.2) is 14.3 Å². The number of aromatic amines is 1. The fourth-order valence-corrected chi connectivity index (χ4v) is 3.36. The van der Waals surface area contributed by atoms with Gasteiger partial charge in [0.2, 0.25) is 12.7 Å². The normalized spacial score (nSPS) is 17.9. The third-order valence-electron chi connectivity index (χ3n) is 4.78. The summed E-state index contributed by atoms with van der Waals surface area (Å²) in [6.45, 7) is 1.44. The Bertz CT molecular complexity index is 1170. The van der Waals surface area contributed by atoms with Crippen molar-refractivity contribution in [3.8, 4) is 17.2 Å². The molecule has 1 fully saturated rings. The molecule has 0 aliphatic carbocycles. The van der Waals surface area contributed by atoms with Gasteiger partial charge in [-0.3, -0.25) is 9.78 Å². The van der Waals surface area contributed by atoms with Crippen LogP contribution in [-0.4, -0.2) is 45.6 Å². The summed E-state index contributed by atoms with van der Waals surface area (Å²) in [7, 11) is 0. The molecule has 1 unspecified atom stereocenters. The van der Waals surface area contributed by atoms with Gasteiger partial charge in [0.1, 0.15) is 5.39 Å². The molecule has 1 atom stereocenters. The van der Waals surface area contributed by atoms with Gasteiger partial charge in [-0.2, -0.15) is 4.98 Å². The average Bonchev–Trinajstić information content (AvgIpc) is 3.37. The highest BCUT2D eigenvalue weighted by Gasteiger charge is 2.18. The monoisotopic (exact) mass is 383 g/mol. The number of benzene rings is 1. The summed E-state index contributed by atoms with van der Waals surface area (Å²) in [5, 5.41) is 3.29. The molecular weight excluding hydrogens is 366 g/mol. The summed E-state index contributed by atoms with van der Waals surface area (Å²) in [6, 6.07) is 4.86. The fourth-order valence-electron chi connectivity index (χ4n) is 3.36. The average molecular weight is 383 g/mol. The number of hydrogen-bond acceptors (Lipinski definition) is 8. The third kappa shape index (κ3) is 2.87. The van der Waals surface area contributed by atoms with E-state index < -0.39 is 11.2 Å². The van der Waals surface area contributed by atoms with Crippen molar-refractivity contribution in [1.29, 1.82) is 0 Å². The molecule has 4 heterocycles. The van der Waals surface area contributed by atoms with Crippen molar-refractivity contribution in [3.63, 3.8) is 0 Å². The number of nitrogens with zero attached hydrogens (tertiary/aromatic N) is 3. The highest BCUT2D eigenvalue weighted by molar-refractivity contribution is 5.73. The molecule has 2 aliphatic heterocycles. The van der Waals surface area contributed by atoms with E-state index in [2.05, 4.69) is 20.3 Å². The number of anilines is 1. The van der Waals surface area contributed by atoms with E-state index in [1.165, 1.54) is 6.20 Å². The van der Waals surface area contributed by atoms with Crippen molar-refractivity contribution in [3.05, 3.63) is 45.2 Å². The van der Waals surface area contributed by atoms with Gasteiger partial charge >= 0.3 is 5.69 Å². The first kappa shape index (κ1) is 16.8. The quantitative estimate of drug-likeness (QED) is 0.678. The van der Waals surface area contributed by atoms with Crippen LogP contribution in [-0.2, 0) is 4.74 Å². The molecule has 1 saturated heterocycles. The zero-order valence-corrected chi connectivity index (χ0v) is 14.8. The number of fused-ring (bicyclic) bond motifs is 2. The summed E-state index contributed by atoms with van der Waals surface area (Å²) >= 11 is 0. The van der Waals surface area contributed by atoms with Crippen molar-refractivity contribution in [2.45, 2.75) is 18.9 Å². The molecule has 0 radical (unpaired) electrons. The first-order valence-electron chi connectivity index (χ1n) is 8.96. The van der Waals surface area contributed by atoms with E-state index in [0.29, 0.717) is 29.7 Å². The maximum atomic E-state index is 12.9. The van der Waals surface area contributed by atoms with Crippen LogP contribution in [0.2, 0.25) is 0 Å². The molecule has 10 nitrogen and oxygen atoms in total. The minimum absolute atomic E-state index is 0.108. The summed E-state index contributed by atoms with van der Waals surface area (Å²) in [5.74, 6) is 1.38. The van der Waals surface area contributed by atoms with Crippen molar-refractivity contribution < 1.29 is 14.2 Å². The van der Waals surface area contributed by atoms with Crippen molar-refractivity contribution in [1.82, 2.24) is 19.5 Å². The second kappa shape index (κ2) is 6.64. The van der Waals surface area contributed by atoms with Crippen molar-refractivity contribution >= 4 is 17.0 Å². The van der Waals surface area contributed by atoms with E-state index in [1.54, 1.807) is 18.2 Å². The third-order valence-corrected chi connectivity index (χ3v) is 4.78. The minimum atomic E-state index is -0.597. The highest BCUT2D eigenvalue weighted by atomic mass is 16.7. The lowest BCUT2D eigenvalue weighted by molar-refractivity contribution is 0.120. The van der Waals surface area contributed by atoms with Gasteiger partial charge in [0.05, 0.1) is 11.8 Å². The van der Waals surface area contributed by atoms with Crippen LogP contribution in [0.25, 0.3) is 16.7 Å².